The highest BCUT2D eigenvalue weighted by molar-refractivity contribution is 5.86. The van der Waals surface area contributed by atoms with Crippen molar-refractivity contribution in [1.82, 2.24) is 4.98 Å². The van der Waals surface area contributed by atoms with Crippen LogP contribution < -0.4 is 4.74 Å². The molecule has 0 amide bonds. The van der Waals surface area contributed by atoms with Crippen LogP contribution in [0.1, 0.15) is 41.2 Å². The molecule has 1 aromatic heterocycles. The molecule has 8 nitrogen and oxygen atoms in total. The molecule has 162 valence electrons. The minimum atomic E-state index is -0.534. The van der Waals surface area contributed by atoms with Gasteiger partial charge in [0.2, 0.25) is 5.89 Å². The maximum absolute atomic E-state index is 11.4. The Balaban J connectivity index is 1.51. The molecule has 1 aromatic carbocycles. The molecule has 2 aromatic rings. The molecule has 1 aliphatic heterocycles. The van der Waals surface area contributed by atoms with Gasteiger partial charge in [0.15, 0.2) is 12.0 Å². The van der Waals surface area contributed by atoms with Crippen LogP contribution >= 0.6 is 0 Å². The predicted molar refractivity (Wildman–Crippen MR) is 108 cm³/mol. The molecule has 0 radical (unpaired) electrons. The number of benzene rings is 1. The van der Waals surface area contributed by atoms with E-state index in [1.807, 2.05) is 30.3 Å². The number of carbonyl (C=O) groups excluding carboxylic acids is 1. The van der Waals surface area contributed by atoms with Gasteiger partial charge in [0.25, 0.3) is 0 Å². The molecule has 2 heterocycles. The summed E-state index contributed by atoms with van der Waals surface area (Å²) >= 11 is 0. The van der Waals surface area contributed by atoms with Crippen LogP contribution in [0, 0.1) is 0 Å². The van der Waals surface area contributed by atoms with E-state index in [9.17, 15) is 4.79 Å². The zero-order valence-electron chi connectivity index (χ0n) is 17.4. The lowest BCUT2D eigenvalue weighted by atomic mass is 10.0. The number of hydrogen-bond donors (Lipinski definition) is 0. The standard InChI is InChI=1S/C22H27NO7/c1-25-16-9-7-15(8-10-16)13-28-18-11-17(30-21(12-18)26-2)5-4-6-20-23-19(14-29-20)22(24)27-3/h4,6-10,14,17-18,21H,5,11-13H2,1-3H3/b6-4+/t17-,18+,21+/m0/s1. The van der Waals surface area contributed by atoms with Gasteiger partial charge in [-0.05, 0) is 30.2 Å². The van der Waals surface area contributed by atoms with Crippen molar-refractivity contribution in [3.8, 4) is 5.75 Å². The zero-order valence-corrected chi connectivity index (χ0v) is 17.4. The van der Waals surface area contributed by atoms with Crippen molar-refractivity contribution in [2.75, 3.05) is 21.3 Å². The van der Waals surface area contributed by atoms with Crippen molar-refractivity contribution >= 4 is 12.0 Å². The summed E-state index contributed by atoms with van der Waals surface area (Å²) in [4.78, 5) is 15.5. The van der Waals surface area contributed by atoms with E-state index in [1.165, 1.54) is 13.4 Å². The molecule has 1 saturated heterocycles. The van der Waals surface area contributed by atoms with E-state index in [-0.39, 0.29) is 24.2 Å². The van der Waals surface area contributed by atoms with Gasteiger partial charge in [-0.1, -0.05) is 18.2 Å². The number of rotatable bonds is 9. The summed E-state index contributed by atoms with van der Waals surface area (Å²) < 4.78 is 32.5. The number of aromatic nitrogens is 1. The Morgan fingerprint density at radius 3 is 2.70 bits per heavy atom. The first-order valence-electron chi connectivity index (χ1n) is 9.74. The van der Waals surface area contributed by atoms with Gasteiger partial charge in [0.1, 0.15) is 12.0 Å². The molecule has 1 aliphatic rings. The van der Waals surface area contributed by atoms with E-state index < -0.39 is 5.97 Å². The summed E-state index contributed by atoms with van der Waals surface area (Å²) in [5, 5.41) is 0. The highest BCUT2D eigenvalue weighted by Gasteiger charge is 2.29. The van der Waals surface area contributed by atoms with Crippen molar-refractivity contribution in [1.29, 1.82) is 0 Å². The van der Waals surface area contributed by atoms with Crippen LogP contribution in [-0.2, 0) is 25.6 Å². The van der Waals surface area contributed by atoms with Gasteiger partial charge in [-0.25, -0.2) is 9.78 Å². The normalized spacial score (nSPS) is 21.6. The van der Waals surface area contributed by atoms with E-state index in [2.05, 4.69) is 9.72 Å². The Labute approximate surface area is 175 Å². The summed E-state index contributed by atoms with van der Waals surface area (Å²) in [5.74, 6) is 0.622. The molecule has 0 spiro atoms. The molecule has 8 heteroatoms. The number of hydrogen-bond acceptors (Lipinski definition) is 8. The largest absolute Gasteiger partial charge is 0.497 e. The third-order valence-corrected chi connectivity index (χ3v) is 4.81. The highest BCUT2D eigenvalue weighted by Crippen LogP contribution is 2.26. The average molecular weight is 417 g/mol. The van der Waals surface area contributed by atoms with Gasteiger partial charge in [-0.3, -0.25) is 0 Å². The van der Waals surface area contributed by atoms with Crippen molar-refractivity contribution in [3.05, 3.63) is 53.8 Å². The molecular formula is C22H27NO7. The molecule has 0 aliphatic carbocycles. The van der Waals surface area contributed by atoms with Crippen LogP contribution in [0.5, 0.6) is 5.75 Å². The van der Waals surface area contributed by atoms with Crippen molar-refractivity contribution < 1.29 is 32.9 Å². The first kappa shape index (κ1) is 22.0. The third-order valence-electron chi connectivity index (χ3n) is 4.81. The topological polar surface area (TPSA) is 89.3 Å². The Kier molecular flexibility index (Phi) is 8.01. The first-order valence-corrected chi connectivity index (χ1v) is 9.74. The van der Waals surface area contributed by atoms with Gasteiger partial charge >= 0.3 is 5.97 Å². The SMILES string of the molecule is COC(=O)c1coc(/C=C/C[C@H]2C[C@@H](OCc3ccc(OC)cc3)C[C@H](OC)O2)n1. The summed E-state index contributed by atoms with van der Waals surface area (Å²) in [5.41, 5.74) is 1.22. The zero-order chi connectivity index (χ0) is 21.3. The van der Waals surface area contributed by atoms with E-state index in [0.29, 0.717) is 25.3 Å². The smallest absolute Gasteiger partial charge is 0.360 e. The van der Waals surface area contributed by atoms with Crippen LogP contribution in [0.15, 0.2) is 41.0 Å². The number of oxazole rings is 1. The second kappa shape index (κ2) is 10.9. The van der Waals surface area contributed by atoms with E-state index in [1.54, 1.807) is 20.3 Å². The quantitative estimate of drug-likeness (QED) is 0.572. The summed E-state index contributed by atoms with van der Waals surface area (Å²) in [6.07, 6.45) is 6.59. The molecule has 0 saturated carbocycles. The lowest BCUT2D eigenvalue weighted by Crippen LogP contribution is -2.37. The Bertz CT molecular complexity index is 830. The fourth-order valence-corrected chi connectivity index (χ4v) is 3.19. The maximum Gasteiger partial charge on any atom is 0.360 e. The molecule has 0 unspecified atom stereocenters. The van der Waals surface area contributed by atoms with Gasteiger partial charge in [-0.15, -0.1) is 0 Å². The van der Waals surface area contributed by atoms with Crippen LogP contribution in [0.2, 0.25) is 0 Å². The molecule has 0 N–H and O–H groups in total. The molecular weight excluding hydrogens is 390 g/mol. The van der Waals surface area contributed by atoms with Crippen LogP contribution in [0.4, 0.5) is 0 Å². The van der Waals surface area contributed by atoms with Crippen LogP contribution in [-0.4, -0.2) is 50.8 Å². The Morgan fingerprint density at radius 2 is 2.00 bits per heavy atom. The maximum atomic E-state index is 11.4. The van der Waals surface area contributed by atoms with Gasteiger partial charge in [-0.2, -0.15) is 0 Å². The van der Waals surface area contributed by atoms with E-state index in [4.69, 9.17) is 23.4 Å². The third kappa shape index (κ3) is 6.16. The molecule has 0 bridgehead atoms. The van der Waals surface area contributed by atoms with E-state index in [0.717, 1.165) is 17.7 Å². The van der Waals surface area contributed by atoms with Gasteiger partial charge in [0.05, 0.1) is 33.0 Å². The van der Waals surface area contributed by atoms with Crippen LogP contribution in [0.25, 0.3) is 6.08 Å². The number of ether oxygens (including phenoxy) is 5. The van der Waals surface area contributed by atoms with Crippen molar-refractivity contribution in [3.63, 3.8) is 0 Å². The van der Waals surface area contributed by atoms with Gasteiger partial charge < -0.3 is 28.1 Å². The summed E-state index contributed by atoms with van der Waals surface area (Å²) in [6.45, 7) is 0.514. The minimum Gasteiger partial charge on any atom is -0.497 e. The number of esters is 1. The summed E-state index contributed by atoms with van der Waals surface area (Å²) in [7, 11) is 4.57. The van der Waals surface area contributed by atoms with E-state index >= 15 is 0 Å². The molecule has 3 rings (SSSR count). The monoisotopic (exact) mass is 417 g/mol. The Hall–Kier alpha value is -2.68. The van der Waals surface area contributed by atoms with Crippen molar-refractivity contribution in [2.45, 2.75) is 44.4 Å². The lowest BCUT2D eigenvalue weighted by Gasteiger charge is -2.34. The number of nitrogens with zero attached hydrogens (tertiary/aromatic N) is 1. The number of carbonyl (C=O) groups is 1. The molecule has 30 heavy (non-hydrogen) atoms. The van der Waals surface area contributed by atoms with Gasteiger partial charge in [0, 0.05) is 20.0 Å². The fourth-order valence-electron chi connectivity index (χ4n) is 3.19. The lowest BCUT2D eigenvalue weighted by molar-refractivity contribution is -0.211. The molecule has 3 atom stereocenters. The van der Waals surface area contributed by atoms with Crippen molar-refractivity contribution in [2.24, 2.45) is 0 Å². The predicted octanol–water partition coefficient (Wildman–Crippen LogP) is 3.61. The highest BCUT2D eigenvalue weighted by atomic mass is 16.7. The second-order valence-electron chi connectivity index (χ2n) is 6.88. The summed E-state index contributed by atoms with van der Waals surface area (Å²) in [6, 6.07) is 7.82. The van der Waals surface area contributed by atoms with Crippen LogP contribution in [0.3, 0.4) is 0 Å². The number of methoxy groups -OCH3 is 3. The first-order chi connectivity index (χ1) is 14.6. The second-order valence-corrected chi connectivity index (χ2v) is 6.88. The Morgan fingerprint density at radius 1 is 1.20 bits per heavy atom. The minimum absolute atomic E-state index is 0.0249. The fraction of sp³-hybridized carbons (Fsp3) is 0.455. The average Bonchev–Trinajstić information content (AvgIpc) is 3.26. The molecule has 1 fully saturated rings.